The summed E-state index contributed by atoms with van der Waals surface area (Å²) in [5, 5.41) is 4.63. The van der Waals surface area contributed by atoms with Crippen LogP contribution in [0.4, 0.5) is 0 Å². The van der Waals surface area contributed by atoms with Crippen molar-refractivity contribution < 1.29 is 4.42 Å². The van der Waals surface area contributed by atoms with E-state index >= 15 is 0 Å². The van der Waals surface area contributed by atoms with Crippen LogP contribution >= 0.6 is 0 Å². The van der Waals surface area contributed by atoms with Gasteiger partial charge in [-0.05, 0) is 92.7 Å². The molecule has 0 fully saturated rings. The van der Waals surface area contributed by atoms with E-state index in [4.69, 9.17) is 14.4 Å². The molecule has 0 saturated carbocycles. The van der Waals surface area contributed by atoms with E-state index in [9.17, 15) is 0 Å². The Labute approximate surface area is 307 Å². The fourth-order valence-corrected chi connectivity index (χ4v) is 7.40. The Kier molecular flexibility index (Phi) is 7.47. The maximum absolute atomic E-state index is 6.21. The Morgan fingerprint density at radius 3 is 1.66 bits per heavy atom. The van der Waals surface area contributed by atoms with E-state index in [1.54, 1.807) is 0 Å². The number of furan rings is 1. The van der Waals surface area contributed by atoms with Gasteiger partial charge in [-0.2, -0.15) is 0 Å². The molecule has 2 aromatic heterocycles. The fraction of sp³-hybridized carbons (Fsp3) is 0. The summed E-state index contributed by atoms with van der Waals surface area (Å²) in [5.74, 6) is 0.685. The number of fused-ring (bicyclic) bond motifs is 4. The van der Waals surface area contributed by atoms with Gasteiger partial charge < -0.3 is 4.42 Å². The lowest BCUT2D eigenvalue weighted by atomic mass is 9.93. The molecule has 53 heavy (non-hydrogen) atoms. The van der Waals surface area contributed by atoms with E-state index in [0.717, 1.165) is 83.4 Å². The van der Waals surface area contributed by atoms with Gasteiger partial charge in [-0.1, -0.05) is 146 Å². The summed E-state index contributed by atoms with van der Waals surface area (Å²) >= 11 is 0. The molecule has 0 bridgehead atoms. The SMILES string of the molecule is c1ccc(-c2cc(-c3cc(-c4ccc5ccccc5c4)cc(-c4ccc5oc6ccccc6c5c4)c3)nc(-c3ccccc3-c3ccccc3)n2)cc1. The standard InChI is InChI=1S/C50H32N2O/c1-3-14-34(15-4-1)42-19-9-10-21-44(42)50-51-46(35-16-5-2-6-17-35)32-47(52-50)41-29-39(37-24-23-33-13-7-8-18-36(33)27-37)28-40(30-41)38-25-26-49-45(31-38)43-20-11-12-22-48(43)53-49/h1-32H. The zero-order valence-electron chi connectivity index (χ0n) is 28.8. The fourth-order valence-electron chi connectivity index (χ4n) is 7.40. The minimum absolute atomic E-state index is 0.685. The highest BCUT2D eigenvalue weighted by Gasteiger charge is 2.17. The average molecular weight is 677 g/mol. The van der Waals surface area contributed by atoms with Crippen LogP contribution in [0.2, 0.25) is 0 Å². The number of hydrogen-bond donors (Lipinski definition) is 0. The first-order valence-electron chi connectivity index (χ1n) is 17.9. The molecule has 0 atom stereocenters. The van der Waals surface area contributed by atoms with Crippen LogP contribution in [0, 0.1) is 0 Å². The lowest BCUT2D eigenvalue weighted by Crippen LogP contribution is -1.98. The second-order valence-electron chi connectivity index (χ2n) is 13.4. The second kappa shape index (κ2) is 12.9. The normalized spacial score (nSPS) is 11.4. The molecule has 0 aliphatic heterocycles. The topological polar surface area (TPSA) is 38.9 Å². The summed E-state index contributed by atoms with van der Waals surface area (Å²) in [5.41, 5.74) is 13.2. The molecule has 3 heteroatoms. The number of hydrogen-bond acceptors (Lipinski definition) is 3. The molecule has 0 unspecified atom stereocenters. The Bertz CT molecular complexity index is 2950. The molecule has 0 amide bonds. The number of nitrogens with zero attached hydrogens (tertiary/aromatic N) is 2. The van der Waals surface area contributed by atoms with Crippen LogP contribution in [0.25, 0.3) is 100.0 Å². The van der Waals surface area contributed by atoms with E-state index in [1.807, 2.05) is 24.3 Å². The summed E-state index contributed by atoms with van der Waals surface area (Å²) < 4.78 is 6.21. The largest absolute Gasteiger partial charge is 0.456 e. The molecular weight excluding hydrogens is 645 g/mol. The van der Waals surface area contributed by atoms with E-state index in [1.165, 1.54) is 10.8 Å². The second-order valence-corrected chi connectivity index (χ2v) is 13.4. The van der Waals surface area contributed by atoms with Crippen molar-refractivity contribution in [1.82, 2.24) is 9.97 Å². The third-order valence-electron chi connectivity index (χ3n) is 10.1. The summed E-state index contributed by atoms with van der Waals surface area (Å²) in [7, 11) is 0. The molecule has 248 valence electrons. The lowest BCUT2D eigenvalue weighted by molar-refractivity contribution is 0.669. The molecule has 2 heterocycles. The first-order valence-corrected chi connectivity index (χ1v) is 17.9. The molecule has 3 nitrogen and oxygen atoms in total. The number of para-hydroxylation sites is 1. The van der Waals surface area contributed by atoms with E-state index in [0.29, 0.717) is 5.82 Å². The lowest BCUT2D eigenvalue weighted by Gasteiger charge is -2.15. The average Bonchev–Trinajstić information content (AvgIpc) is 3.62. The van der Waals surface area contributed by atoms with Gasteiger partial charge in [-0.25, -0.2) is 9.97 Å². The molecule has 10 rings (SSSR count). The van der Waals surface area contributed by atoms with Gasteiger partial charge in [-0.3, -0.25) is 0 Å². The zero-order valence-corrected chi connectivity index (χ0v) is 28.8. The van der Waals surface area contributed by atoms with Crippen LogP contribution < -0.4 is 0 Å². The quantitative estimate of drug-likeness (QED) is 0.176. The minimum atomic E-state index is 0.685. The number of aromatic nitrogens is 2. The van der Waals surface area contributed by atoms with Gasteiger partial charge in [0.2, 0.25) is 0 Å². The number of rotatable bonds is 6. The molecular formula is C50H32N2O. The third-order valence-corrected chi connectivity index (χ3v) is 10.1. The van der Waals surface area contributed by atoms with Crippen LogP contribution in [0.3, 0.4) is 0 Å². The van der Waals surface area contributed by atoms with E-state index in [-0.39, 0.29) is 0 Å². The predicted molar refractivity (Wildman–Crippen MR) is 219 cm³/mol. The molecule has 0 aliphatic carbocycles. The molecule has 0 saturated heterocycles. The minimum Gasteiger partial charge on any atom is -0.456 e. The Morgan fingerprint density at radius 1 is 0.302 bits per heavy atom. The maximum Gasteiger partial charge on any atom is 0.161 e. The van der Waals surface area contributed by atoms with Crippen molar-refractivity contribution >= 4 is 32.7 Å². The molecule has 8 aromatic carbocycles. The highest BCUT2D eigenvalue weighted by molar-refractivity contribution is 6.06. The highest BCUT2D eigenvalue weighted by atomic mass is 16.3. The van der Waals surface area contributed by atoms with Crippen molar-refractivity contribution in [1.29, 1.82) is 0 Å². The van der Waals surface area contributed by atoms with Crippen LogP contribution in [0.15, 0.2) is 199 Å². The van der Waals surface area contributed by atoms with Gasteiger partial charge in [0.1, 0.15) is 11.2 Å². The summed E-state index contributed by atoms with van der Waals surface area (Å²) in [6, 6.07) is 68.2. The van der Waals surface area contributed by atoms with Crippen LogP contribution in [0.5, 0.6) is 0 Å². The monoisotopic (exact) mass is 676 g/mol. The Morgan fingerprint density at radius 2 is 0.868 bits per heavy atom. The molecule has 0 N–H and O–H groups in total. The van der Waals surface area contributed by atoms with E-state index in [2.05, 4.69) is 170 Å². The van der Waals surface area contributed by atoms with Crippen LogP contribution in [0.1, 0.15) is 0 Å². The van der Waals surface area contributed by atoms with Gasteiger partial charge in [0, 0.05) is 27.5 Å². The molecule has 0 aliphatic rings. The first kappa shape index (κ1) is 30.7. The molecule has 0 radical (unpaired) electrons. The smallest absolute Gasteiger partial charge is 0.161 e. The van der Waals surface area contributed by atoms with Gasteiger partial charge >= 0.3 is 0 Å². The zero-order chi connectivity index (χ0) is 35.1. The number of benzene rings is 8. The van der Waals surface area contributed by atoms with E-state index < -0.39 is 0 Å². The Hall–Kier alpha value is -7.10. The van der Waals surface area contributed by atoms with Crippen molar-refractivity contribution in [2.45, 2.75) is 0 Å². The highest BCUT2D eigenvalue weighted by Crippen LogP contribution is 2.39. The van der Waals surface area contributed by atoms with Crippen LogP contribution in [-0.2, 0) is 0 Å². The van der Waals surface area contributed by atoms with Crippen molar-refractivity contribution in [3.63, 3.8) is 0 Å². The summed E-state index contributed by atoms with van der Waals surface area (Å²) in [6.45, 7) is 0. The molecule has 0 spiro atoms. The van der Waals surface area contributed by atoms with Crippen molar-refractivity contribution in [2.75, 3.05) is 0 Å². The first-order chi connectivity index (χ1) is 26.2. The van der Waals surface area contributed by atoms with Crippen molar-refractivity contribution in [3.05, 3.63) is 194 Å². The van der Waals surface area contributed by atoms with Crippen LogP contribution in [-0.4, -0.2) is 9.97 Å². The molecule has 10 aromatic rings. The van der Waals surface area contributed by atoms with Gasteiger partial charge in [0.15, 0.2) is 5.82 Å². The predicted octanol–water partition coefficient (Wildman–Crippen LogP) is 13.5. The maximum atomic E-state index is 6.21. The summed E-state index contributed by atoms with van der Waals surface area (Å²) in [6.07, 6.45) is 0. The van der Waals surface area contributed by atoms with Crippen molar-refractivity contribution in [3.8, 4) is 67.3 Å². The third kappa shape index (κ3) is 5.75. The van der Waals surface area contributed by atoms with Gasteiger partial charge in [0.25, 0.3) is 0 Å². The van der Waals surface area contributed by atoms with Gasteiger partial charge in [-0.15, -0.1) is 0 Å². The Balaban J connectivity index is 1.21. The summed E-state index contributed by atoms with van der Waals surface area (Å²) in [4.78, 5) is 10.6. The van der Waals surface area contributed by atoms with Gasteiger partial charge in [0.05, 0.1) is 11.4 Å². The van der Waals surface area contributed by atoms with Crippen molar-refractivity contribution in [2.24, 2.45) is 0 Å².